The molecule has 2 aliphatic rings. The Morgan fingerprint density at radius 2 is 2.18 bits per heavy atom. The lowest BCUT2D eigenvalue weighted by Gasteiger charge is -2.35. The van der Waals surface area contributed by atoms with Crippen LogP contribution in [0.3, 0.4) is 0 Å². The molecule has 2 fully saturated rings. The average Bonchev–Trinajstić information content (AvgIpc) is 2.86. The monoisotopic (exact) mass is 330 g/mol. The molecule has 0 aromatic rings. The van der Waals surface area contributed by atoms with Crippen molar-refractivity contribution in [1.29, 1.82) is 0 Å². The predicted molar refractivity (Wildman–Crippen MR) is 84.9 cm³/mol. The fourth-order valence-corrected chi connectivity index (χ4v) is 4.63. The molecule has 0 aromatic heterocycles. The standard InChI is InChI=1S/C15H26N2O4S/c1-11(9-22(3)20)16-14(19)17-8-12-6-4-5-7-15(12,10-17)13(18)21-2/h11-12H,4-10H2,1-3H3,(H,16,19)/t11-,12+,15+,22+/m0/s1. The smallest absolute Gasteiger partial charge is 0.317 e. The number of likely N-dealkylation sites (tertiary alicyclic amines) is 1. The first kappa shape index (κ1) is 17.2. The third-order valence-corrected chi connectivity index (χ3v) is 5.82. The third-order valence-electron chi connectivity index (χ3n) is 4.85. The first-order chi connectivity index (χ1) is 10.4. The molecule has 4 atom stereocenters. The summed E-state index contributed by atoms with van der Waals surface area (Å²) in [5.41, 5.74) is -0.527. The first-order valence-electron chi connectivity index (χ1n) is 7.83. The molecule has 0 bridgehead atoms. The fourth-order valence-electron chi connectivity index (χ4n) is 3.84. The van der Waals surface area contributed by atoms with Crippen LogP contribution in [-0.2, 0) is 20.3 Å². The molecule has 0 radical (unpaired) electrons. The van der Waals surface area contributed by atoms with Gasteiger partial charge >= 0.3 is 12.0 Å². The van der Waals surface area contributed by atoms with Crippen molar-refractivity contribution in [2.24, 2.45) is 11.3 Å². The molecule has 1 saturated carbocycles. The van der Waals surface area contributed by atoms with Crippen LogP contribution in [0.5, 0.6) is 0 Å². The van der Waals surface area contributed by atoms with E-state index in [0.29, 0.717) is 18.8 Å². The number of carbonyl (C=O) groups excluding carboxylic acids is 2. The van der Waals surface area contributed by atoms with Crippen molar-refractivity contribution >= 4 is 22.8 Å². The van der Waals surface area contributed by atoms with Gasteiger partial charge in [-0.05, 0) is 25.7 Å². The molecule has 2 rings (SSSR count). The van der Waals surface area contributed by atoms with Gasteiger partial charge in [-0.1, -0.05) is 12.8 Å². The number of rotatable bonds is 4. The molecule has 0 spiro atoms. The molecule has 1 saturated heterocycles. The molecule has 126 valence electrons. The Kier molecular flexibility index (Phi) is 5.47. The van der Waals surface area contributed by atoms with Crippen LogP contribution in [0.2, 0.25) is 0 Å². The molecule has 22 heavy (non-hydrogen) atoms. The summed E-state index contributed by atoms with van der Waals surface area (Å²) >= 11 is 0. The molecule has 7 heteroatoms. The third kappa shape index (κ3) is 3.45. The van der Waals surface area contributed by atoms with Gasteiger partial charge in [-0.2, -0.15) is 0 Å². The summed E-state index contributed by atoms with van der Waals surface area (Å²) < 4.78 is 16.2. The Morgan fingerprint density at radius 3 is 2.82 bits per heavy atom. The summed E-state index contributed by atoms with van der Waals surface area (Å²) in [7, 11) is 0.476. The quantitative estimate of drug-likeness (QED) is 0.784. The van der Waals surface area contributed by atoms with Crippen LogP contribution in [0.4, 0.5) is 4.79 Å². The van der Waals surface area contributed by atoms with Crippen LogP contribution < -0.4 is 5.32 Å². The number of ether oxygens (including phenoxy) is 1. The normalized spacial score (nSPS) is 30.3. The van der Waals surface area contributed by atoms with Gasteiger partial charge in [-0.15, -0.1) is 0 Å². The summed E-state index contributed by atoms with van der Waals surface area (Å²) in [6, 6.07) is -0.314. The fraction of sp³-hybridized carbons (Fsp3) is 0.867. The number of amides is 2. The maximum atomic E-state index is 12.4. The van der Waals surface area contributed by atoms with Crippen LogP contribution in [-0.4, -0.2) is 59.4 Å². The summed E-state index contributed by atoms with van der Waals surface area (Å²) in [4.78, 5) is 26.4. The van der Waals surface area contributed by atoms with Gasteiger partial charge in [-0.3, -0.25) is 9.00 Å². The number of methoxy groups -OCH3 is 1. The molecule has 1 heterocycles. The Labute approximate surface area is 134 Å². The zero-order valence-corrected chi connectivity index (χ0v) is 14.4. The lowest BCUT2D eigenvalue weighted by molar-refractivity contribution is -0.156. The lowest BCUT2D eigenvalue weighted by atomic mass is 9.68. The van der Waals surface area contributed by atoms with E-state index in [9.17, 15) is 13.8 Å². The van der Waals surface area contributed by atoms with Gasteiger partial charge in [0.1, 0.15) is 0 Å². The van der Waals surface area contributed by atoms with Gasteiger partial charge in [0.15, 0.2) is 0 Å². The topological polar surface area (TPSA) is 75.7 Å². The molecule has 6 nitrogen and oxygen atoms in total. The number of urea groups is 1. The molecule has 0 unspecified atom stereocenters. The zero-order chi connectivity index (χ0) is 16.3. The molecule has 1 aliphatic heterocycles. The highest BCUT2D eigenvalue weighted by atomic mass is 32.2. The van der Waals surface area contributed by atoms with Crippen molar-refractivity contribution in [2.75, 3.05) is 32.2 Å². The SMILES string of the molecule is COC(=O)[C@@]12CCCC[C@@H]1CN(C(=O)N[C@@H](C)C[S@@](C)=O)C2. The van der Waals surface area contributed by atoms with E-state index in [1.54, 1.807) is 11.2 Å². The molecular formula is C15H26N2O4S. The zero-order valence-electron chi connectivity index (χ0n) is 13.6. The molecule has 0 aromatic carbocycles. The molecule has 1 aliphatic carbocycles. The van der Waals surface area contributed by atoms with Gasteiger partial charge in [-0.25, -0.2) is 4.79 Å². The summed E-state index contributed by atoms with van der Waals surface area (Å²) in [5, 5.41) is 2.88. The van der Waals surface area contributed by atoms with E-state index in [0.717, 1.165) is 25.7 Å². The van der Waals surface area contributed by atoms with Crippen molar-refractivity contribution in [1.82, 2.24) is 10.2 Å². The van der Waals surface area contributed by atoms with E-state index < -0.39 is 16.2 Å². The first-order valence-corrected chi connectivity index (χ1v) is 9.55. The summed E-state index contributed by atoms with van der Waals surface area (Å²) in [6.45, 7) is 2.87. The van der Waals surface area contributed by atoms with Crippen LogP contribution in [0.15, 0.2) is 0 Å². The second-order valence-electron chi connectivity index (χ2n) is 6.56. The van der Waals surface area contributed by atoms with E-state index in [-0.39, 0.29) is 24.0 Å². The summed E-state index contributed by atoms with van der Waals surface area (Å²) in [6.07, 6.45) is 5.49. The number of carbonyl (C=O) groups is 2. The Bertz CT molecular complexity index is 470. The predicted octanol–water partition coefficient (Wildman–Crippen LogP) is 1.13. The second kappa shape index (κ2) is 6.98. The maximum absolute atomic E-state index is 12.4. The summed E-state index contributed by atoms with van der Waals surface area (Å²) in [5.74, 6) is 0.441. The molecule has 2 amide bonds. The largest absolute Gasteiger partial charge is 0.469 e. The van der Waals surface area contributed by atoms with Crippen molar-refractivity contribution in [2.45, 2.75) is 38.6 Å². The number of nitrogens with one attached hydrogen (secondary N) is 1. The lowest BCUT2D eigenvalue weighted by Crippen LogP contribution is -2.46. The van der Waals surface area contributed by atoms with E-state index in [4.69, 9.17) is 4.74 Å². The van der Waals surface area contributed by atoms with Gasteiger partial charge in [0, 0.05) is 41.9 Å². The van der Waals surface area contributed by atoms with E-state index >= 15 is 0 Å². The number of esters is 1. The van der Waals surface area contributed by atoms with Crippen molar-refractivity contribution in [3.05, 3.63) is 0 Å². The number of hydrogen-bond donors (Lipinski definition) is 1. The van der Waals surface area contributed by atoms with Gasteiger partial charge < -0.3 is 15.0 Å². The molecular weight excluding hydrogens is 304 g/mol. The Morgan fingerprint density at radius 1 is 1.45 bits per heavy atom. The van der Waals surface area contributed by atoms with Gasteiger partial charge in [0.2, 0.25) is 0 Å². The number of fused-ring (bicyclic) bond motifs is 1. The van der Waals surface area contributed by atoms with Gasteiger partial charge in [0.25, 0.3) is 0 Å². The highest BCUT2D eigenvalue weighted by Gasteiger charge is 2.54. The second-order valence-corrected chi connectivity index (χ2v) is 8.04. The van der Waals surface area contributed by atoms with Crippen LogP contribution >= 0.6 is 0 Å². The highest BCUT2D eigenvalue weighted by molar-refractivity contribution is 7.84. The van der Waals surface area contributed by atoms with Crippen molar-refractivity contribution in [3.63, 3.8) is 0 Å². The highest BCUT2D eigenvalue weighted by Crippen LogP contribution is 2.47. The average molecular weight is 330 g/mol. The maximum Gasteiger partial charge on any atom is 0.317 e. The Balaban J connectivity index is 2.04. The van der Waals surface area contributed by atoms with E-state index in [1.165, 1.54) is 7.11 Å². The van der Waals surface area contributed by atoms with Crippen LogP contribution in [0.1, 0.15) is 32.6 Å². The van der Waals surface area contributed by atoms with Crippen molar-refractivity contribution in [3.8, 4) is 0 Å². The Hall–Kier alpha value is -1.11. The minimum atomic E-state index is -0.945. The number of nitrogens with zero attached hydrogens (tertiary/aromatic N) is 1. The van der Waals surface area contributed by atoms with Crippen LogP contribution in [0, 0.1) is 11.3 Å². The van der Waals surface area contributed by atoms with Crippen molar-refractivity contribution < 1.29 is 18.5 Å². The minimum Gasteiger partial charge on any atom is -0.469 e. The van der Waals surface area contributed by atoms with E-state index in [1.807, 2.05) is 6.92 Å². The van der Waals surface area contributed by atoms with Gasteiger partial charge in [0.05, 0.1) is 12.5 Å². The minimum absolute atomic E-state index is 0.143. The van der Waals surface area contributed by atoms with E-state index in [2.05, 4.69) is 5.32 Å². The number of hydrogen-bond acceptors (Lipinski definition) is 4. The molecule has 1 N–H and O–H groups in total. The van der Waals surface area contributed by atoms with Crippen LogP contribution in [0.25, 0.3) is 0 Å².